The molecule has 3 N–H and O–H groups in total. The molecule has 144 valence electrons. The summed E-state index contributed by atoms with van der Waals surface area (Å²) < 4.78 is 6.39. The Morgan fingerprint density at radius 3 is 2.48 bits per heavy atom. The average Bonchev–Trinajstić information content (AvgIpc) is 2.65. The minimum absolute atomic E-state index is 0.0967. The van der Waals surface area contributed by atoms with E-state index in [4.69, 9.17) is 4.74 Å². The number of phenols is 1. The van der Waals surface area contributed by atoms with Crippen molar-refractivity contribution in [1.29, 1.82) is 0 Å². The van der Waals surface area contributed by atoms with Gasteiger partial charge in [0.1, 0.15) is 11.5 Å². The number of benzene rings is 2. The second kappa shape index (κ2) is 10.4. The third kappa shape index (κ3) is 6.64. The Morgan fingerprint density at radius 1 is 1.26 bits per heavy atom. The minimum atomic E-state index is -0.737. The van der Waals surface area contributed by atoms with Crippen LogP contribution in [0, 0.1) is 0 Å². The Balaban J connectivity index is 1.81. The van der Waals surface area contributed by atoms with Crippen LogP contribution in [0.1, 0.15) is 37.0 Å². The van der Waals surface area contributed by atoms with Gasteiger partial charge in [-0.25, -0.2) is 5.43 Å². The fourth-order valence-corrected chi connectivity index (χ4v) is 3.50. The first kappa shape index (κ1) is 21.4. The minimum Gasteiger partial charge on any atom is -0.506 e. The van der Waals surface area contributed by atoms with Gasteiger partial charge in [-0.2, -0.15) is 5.10 Å². The molecule has 0 bridgehead atoms. The van der Waals surface area contributed by atoms with Crippen molar-refractivity contribution in [2.75, 3.05) is 6.61 Å². The number of carbonyl (C=O) groups is 1. The van der Waals surface area contributed by atoms with Gasteiger partial charge in [0.05, 0.1) is 27.9 Å². The number of aliphatic hydroxyl groups is 1. The zero-order valence-electron chi connectivity index (χ0n) is 14.7. The molecule has 0 fully saturated rings. The van der Waals surface area contributed by atoms with Crippen molar-refractivity contribution in [1.82, 2.24) is 5.43 Å². The van der Waals surface area contributed by atoms with E-state index in [1.54, 1.807) is 36.4 Å². The highest BCUT2D eigenvalue weighted by Gasteiger charge is 2.10. The molecule has 1 atom stereocenters. The number of amides is 1. The predicted molar refractivity (Wildman–Crippen MR) is 111 cm³/mol. The van der Waals surface area contributed by atoms with Gasteiger partial charge in [0, 0.05) is 6.42 Å². The largest absolute Gasteiger partial charge is 0.506 e. The molecule has 0 aromatic heterocycles. The molecule has 0 aliphatic carbocycles. The van der Waals surface area contributed by atoms with Crippen LogP contribution in [0.4, 0.5) is 0 Å². The van der Waals surface area contributed by atoms with Crippen LogP contribution in [0.25, 0.3) is 0 Å². The summed E-state index contributed by atoms with van der Waals surface area (Å²) in [4.78, 5) is 11.9. The lowest BCUT2D eigenvalue weighted by Crippen LogP contribution is -2.18. The summed E-state index contributed by atoms with van der Waals surface area (Å²) in [7, 11) is 0. The number of aromatic hydroxyl groups is 1. The number of aliphatic hydroxyl groups excluding tert-OH is 1. The van der Waals surface area contributed by atoms with E-state index in [1.807, 2.05) is 6.92 Å². The Labute approximate surface area is 174 Å². The van der Waals surface area contributed by atoms with Crippen LogP contribution in [0.15, 0.2) is 50.4 Å². The maximum Gasteiger partial charge on any atom is 0.240 e. The van der Waals surface area contributed by atoms with Gasteiger partial charge in [-0.3, -0.25) is 4.79 Å². The number of rotatable bonds is 8. The van der Waals surface area contributed by atoms with Crippen molar-refractivity contribution < 1.29 is 19.7 Å². The summed E-state index contributed by atoms with van der Waals surface area (Å²) >= 11 is 6.46. The number of halogens is 2. The van der Waals surface area contributed by atoms with Crippen molar-refractivity contribution in [3.63, 3.8) is 0 Å². The Kier molecular flexibility index (Phi) is 8.27. The Hall–Kier alpha value is -1.90. The van der Waals surface area contributed by atoms with Gasteiger partial charge in [0.15, 0.2) is 0 Å². The molecule has 2 rings (SSSR count). The number of carbonyl (C=O) groups excluding carboxylic acids is 1. The number of hydrogen-bond donors (Lipinski definition) is 3. The summed E-state index contributed by atoms with van der Waals surface area (Å²) in [5, 5.41) is 23.7. The zero-order valence-corrected chi connectivity index (χ0v) is 17.8. The maximum atomic E-state index is 11.9. The molecular weight excluding hydrogens is 480 g/mol. The summed E-state index contributed by atoms with van der Waals surface area (Å²) in [5.74, 6) is 0.542. The lowest BCUT2D eigenvalue weighted by molar-refractivity contribution is -0.121. The lowest BCUT2D eigenvalue weighted by atomic mass is 10.0. The molecule has 2 aromatic carbocycles. The highest BCUT2D eigenvalue weighted by atomic mass is 79.9. The molecule has 0 spiro atoms. The second-order valence-electron chi connectivity index (χ2n) is 5.68. The van der Waals surface area contributed by atoms with Crippen LogP contribution in [0.5, 0.6) is 11.5 Å². The third-order valence-electron chi connectivity index (χ3n) is 3.66. The maximum absolute atomic E-state index is 11.9. The fourth-order valence-electron chi connectivity index (χ4n) is 2.28. The molecule has 6 nitrogen and oxygen atoms in total. The molecule has 0 saturated heterocycles. The molecule has 8 heteroatoms. The Morgan fingerprint density at radius 2 is 1.89 bits per heavy atom. The van der Waals surface area contributed by atoms with Gasteiger partial charge in [-0.1, -0.05) is 12.1 Å². The lowest BCUT2D eigenvalue weighted by Gasteiger charge is -2.11. The van der Waals surface area contributed by atoms with E-state index in [1.165, 1.54) is 6.21 Å². The molecule has 0 heterocycles. The van der Waals surface area contributed by atoms with Gasteiger partial charge >= 0.3 is 0 Å². The van der Waals surface area contributed by atoms with Gasteiger partial charge < -0.3 is 14.9 Å². The number of hydrazone groups is 1. The predicted octanol–water partition coefficient (Wildman–Crippen LogP) is 4.28. The van der Waals surface area contributed by atoms with Crippen LogP contribution < -0.4 is 10.2 Å². The summed E-state index contributed by atoms with van der Waals surface area (Å²) in [6, 6.07) is 10.5. The SMILES string of the molecule is CCOc1ccc([C@H](O)CCC(=O)N/N=C\c2cc(Br)c(O)c(Br)c2)cc1. The molecule has 1 amide bonds. The fraction of sp³-hybridized carbons (Fsp3) is 0.263. The van der Waals surface area contributed by atoms with Crippen molar-refractivity contribution in [2.45, 2.75) is 25.9 Å². The highest BCUT2D eigenvalue weighted by molar-refractivity contribution is 9.11. The van der Waals surface area contributed by atoms with E-state index in [-0.39, 0.29) is 24.5 Å². The first-order valence-corrected chi connectivity index (χ1v) is 9.90. The van der Waals surface area contributed by atoms with Gasteiger partial charge in [-0.15, -0.1) is 0 Å². The topological polar surface area (TPSA) is 91.2 Å². The monoisotopic (exact) mass is 498 g/mol. The van der Waals surface area contributed by atoms with Crippen LogP contribution in [0.3, 0.4) is 0 Å². The van der Waals surface area contributed by atoms with E-state index in [9.17, 15) is 15.0 Å². The van der Waals surface area contributed by atoms with Crippen LogP contribution in [-0.4, -0.2) is 28.9 Å². The molecule has 0 radical (unpaired) electrons. The Bertz CT molecular complexity index is 787. The first-order chi connectivity index (χ1) is 12.9. The van der Waals surface area contributed by atoms with Crippen LogP contribution in [-0.2, 0) is 4.79 Å². The molecule has 0 aliphatic heterocycles. The van der Waals surface area contributed by atoms with Crippen molar-refractivity contribution >= 4 is 44.0 Å². The van der Waals surface area contributed by atoms with Gasteiger partial charge in [0.2, 0.25) is 5.91 Å². The van der Waals surface area contributed by atoms with Crippen LogP contribution in [0.2, 0.25) is 0 Å². The van der Waals surface area contributed by atoms with E-state index >= 15 is 0 Å². The van der Waals surface area contributed by atoms with E-state index in [0.29, 0.717) is 21.1 Å². The van der Waals surface area contributed by atoms with Crippen molar-refractivity contribution in [2.24, 2.45) is 5.10 Å². The quantitative estimate of drug-likeness (QED) is 0.373. The summed E-state index contributed by atoms with van der Waals surface area (Å²) in [5.41, 5.74) is 3.85. The standard InChI is InChI=1S/C19H20Br2N2O4/c1-2-27-14-5-3-13(4-6-14)17(24)7-8-18(25)23-22-11-12-9-15(20)19(26)16(21)10-12/h3-6,9-11,17,24,26H,2,7-8H2,1H3,(H,23,25)/b22-11-/t17-/m1/s1. The van der Waals surface area contributed by atoms with Gasteiger partial charge in [-0.05, 0) is 80.6 Å². The normalized spacial score (nSPS) is 12.1. The average molecular weight is 500 g/mol. The summed E-state index contributed by atoms with van der Waals surface area (Å²) in [6.07, 6.45) is 1.15. The molecule has 0 unspecified atom stereocenters. The smallest absolute Gasteiger partial charge is 0.240 e. The van der Waals surface area contributed by atoms with E-state index < -0.39 is 6.10 Å². The number of phenolic OH excluding ortho intramolecular Hbond substituents is 1. The van der Waals surface area contributed by atoms with Gasteiger partial charge in [0.25, 0.3) is 0 Å². The zero-order chi connectivity index (χ0) is 19.8. The van der Waals surface area contributed by atoms with Crippen LogP contribution >= 0.6 is 31.9 Å². The first-order valence-electron chi connectivity index (χ1n) is 8.31. The molecule has 2 aromatic rings. The molecule has 0 saturated carbocycles. The van der Waals surface area contributed by atoms with Crippen molar-refractivity contribution in [3.05, 3.63) is 56.5 Å². The molecule has 27 heavy (non-hydrogen) atoms. The number of nitrogens with one attached hydrogen (secondary N) is 1. The van der Waals surface area contributed by atoms with E-state index in [0.717, 1.165) is 11.3 Å². The molecular formula is C19H20Br2N2O4. The number of nitrogens with zero attached hydrogens (tertiary/aromatic N) is 1. The van der Waals surface area contributed by atoms with E-state index in [2.05, 4.69) is 42.4 Å². The number of ether oxygens (including phenoxy) is 1. The third-order valence-corrected chi connectivity index (χ3v) is 4.87. The number of hydrogen-bond acceptors (Lipinski definition) is 5. The summed E-state index contributed by atoms with van der Waals surface area (Å²) in [6.45, 7) is 2.49. The van der Waals surface area contributed by atoms with Crippen molar-refractivity contribution in [3.8, 4) is 11.5 Å². The molecule has 0 aliphatic rings. The second-order valence-corrected chi connectivity index (χ2v) is 7.39. The highest BCUT2D eigenvalue weighted by Crippen LogP contribution is 2.32.